The fraction of sp³-hybridized carbons (Fsp3) is 0.318. The normalized spacial score (nSPS) is 15.7. The summed E-state index contributed by atoms with van der Waals surface area (Å²) in [6.07, 6.45) is 0.574. The third-order valence-electron chi connectivity index (χ3n) is 5.52. The number of amides is 2. The number of carbonyl (C=O) groups is 2. The molecule has 3 aromatic rings. The van der Waals surface area contributed by atoms with Gasteiger partial charge in [0.25, 0.3) is 0 Å². The van der Waals surface area contributed by atoms with Crippen molar-refractivity contribution in [1.82, 2.24) is 9.29 Å². The lowest BCUT2D eigenvalue weighted by atomic mass is 10.1. The number of aromatic nitrogens is 1. The van der Waals surface area contributed by atoms with Crippen LogP contribution in [0.15, 0.2) is 41.3 Å². The largest absolute Gasteiger partial charge is 0.497 e. The smallest absolute Gasteiger partial charge is 0.243 e. The Morgan fingerprint density at radius 1 is 1.27 bits per heavy atom. The van der Waals surface area contributed by atoms with Gasteiger partial charge in [-0.15, -0.1) is 0 Å². The number of fused-ring (bicyclic) bond motifs is 2. The summed E-state index contributed by atoms with van der Waals surface area (Å²) >= 11 is 1.28. The summed E-state index contributed by atoms with van der Waals surface area (Å²) in [6, 6.07) is 10.1. The van der Waals surface area contributed by atoms with E-state index in [1.54, 1.807) is 36.3 Å². The zero-order valence-electron chi connectivity index (χ0n) is 18.7. The first kappa shape index (κ1) is 23.1. The molecular weight excluding hydrogens is 464 g/mol. The average Bonchev–Trinajstić information content (AvgIpc) is 3.30. The summed E-state index contributed by atoms with van der Waals surface area (Å²) in [4.78, 5) is 30.5. The summed E-state index contributed by atoms with van der Waals surface area (Å²) < 4.78 is 33.2. The first-order valence-electron chi connectivity index (χ1n) is 10.2. The number of methoxy groups -OCH3 is 1. The fourth-order valence-corrected chi connectivity index (χ4v) is 6.05. The Morgan fingerprint density at radius 3 is 2.73 bits per heavy atom. The number of hydrogen-bond acceptors (Lipinski definition) is 7. The summed E-state index contributed by atoms with van der Waals surface area (Å²) in [5.41, 5.74) is 2.23. The molecule has 0 saturated carbocycles. The molecule has 2 amide bonds. The molecular formula is C22H24N4O5S2. The lowest BCUT2D eigenvalue weighted by Gasteiger charge is -2.21. The van der Waals surface area contributed by atoms with Gasteiger partial charge in [0.05, 0.1) is 28.8 Å². The fourth-order valence-electron chi connectivity index (χ4n) is 3.96. The van der Waals surface area contributed by atoms with Gasteiger partial charge in [-0.25, -0.2) is 13.4 Å². The van der Waals surface area contributed by atoms with Crippen molar-refractivity contribution in [2.75, 3.05) is 30.9 Å². The van der Waals surface area contributed by atoms with Gasteiger partial charge in [0.1, 0.15) is 5.75 Å². The molecule has 0 bridgehead atoms. The van der Waals surface area contributed by atoms with E-state index in [2.05, 4.69) is 10.3 Å². The number of nitrogens with zero attached hydrogens (tertiary/aromatic N) is 3. The van der Waals surface area contributed by atoms with Crippen LogP contribution in [-0.2, 0) is 26.0 Å². The predicted octanol–water partition coefficient (Wildman–Crippen LogP) is 2.86. The number of hydrogen-bond donors (Lipinski definition) is 1. The first-order chi connectivity index (χ1) is 15.6. The number of likely N-dealkylation sites (N-methyl/N-ethyl adjacent to an activating group) is 1. The van der Waals surface area contributed by atoms with Crippen LogP contribution in [0.5, 0.6) is 5.75 Å². The maximum atomic E-state index is 13.1. The maximum absolute atomic E-state index is 13.1. The minimum atomic E-state index is -3.90. The van der Waals surface area contributed by atoms with Crippen molar-refractivity contribution in [1.29, 1.82) is 0 Å². The van der Waals surface area contributed by atoms with Crippen LogP contribution < -0.4 is 15.0 Å². The number of thiazole rings is 1. The van der Waals surface area contributed by atoms with Gasteiger partial charge in [-0.05, 0) is 55.3 Å². The lowest BCUT2D eigenvalue weighted by molar-refractivity contribution is -0.117. The zero-order chi connectivity index (χ0) is 23.9. The molecule has 0 unspecified atom stereocenters. The molecule has 1 N–H and O–H groups in total. The molecule has 1 aromatic heterocycles. The SMILES string of the molecule is COc1ccc2nc(NC(=O)CN(C)S(=O)(=O)c3ccc4c(c3)C[C@@H](C)N4C(C)=O)sc2c1. The van der Waals surface area contributed by atoms with E-state index >= 15 is 0 Å². The van der Waals surface area contributed by atoms with E-state index in [-0.39, 0.29) is 23.4 Å². The second kappa shape index (κ2) is 8.73. The highest BCUT2D eigenvalue weighted by Crippen LogP contribution is 2.34. The average molecular weight is 489 g/mol. The molecule has 1 aliphatic rings. The topological polar surface area (TPSA) is 109 Å². The Kier molecular flexibility index (Phi) is 6.12. The molecule has 174 valence electrons. The van der Waals surface area contributed by atoms with Crippen LogP contribution in [0.25, 0.3) is 10.2 Å². The number of anilines is 2. The van der Waals surface area contributed by atoms with Crippen molar-refractivity contribution in [3.8, 4) is 5.75 Å². The molecule has 0 spiro atoms. The first-order valence-corrected chi connectivity index (χ1v) is 12.5. The molecule has 11 heteroatoms. The van der Waals surface area contributed by atoms with E-state index in [1.807, 2.05) is 13.0 Å². The standard InChI is InChI=1S/C22H24N4O5S2/c1-13-9-15-10-17(6-8-19(15)26(13)14(2)27)33(29,30)25(3)12-21(28)24-22-23-18-7-5-16(31-4)11-20(18)32-22/h5-8,10-11,13H,9,12H2,1-4H3,(H,23,24,28)/t13-/m1/s1. The molecule has 1 atom stereocenters. The maximum Gasteiger partial charge on any atom is 0.243 e. The quantitative estimate of drug-likeness (QED) is 0.572. The molecule has 0 aliphatic carbocycles. The number of sulfonamides is 1. The van der Waals surface area contributed by atoms with Crippen LogP contribution in [0.2, 0.25) is 0 Å². The number of rotatable bonds is 6. The van der Waals surface area contributed by atoms with Crippen molar-refractivity contribution in [2.24, 2.45) is 0 Å². The monoisotopic (exact) mass is 488 g/mol. The van der Waals surface area contributed by atoms with Crippen molar-refractivity contribution in [3.63, 3.8) is 0 Å². The Balaban J connectivity index is 1.48. The molecule has 0 radical (unpaired) electrons. The van der Waals surface area contributed by atoms with E-state index in [0.29, 0.717) is 22.8 Å². The summed E-state index contributed by atoms with van der Waals surface area (Å²) in [5.74, 6) is 0.105. The van der Waals surface area contributed by atoms with Gasteiger partial charge in [0.2, 0.25) is 21.8 Å². The van der Waals surface area contributed by atoms with E-state index in [9.17, 15) is 18.0 Å². The summed E-state index contributed by atoms with van der Waals surface area (Å²) in [5, 5.41) is 3.05. The van der Waals surface area contributed by atoms with E-state index in [1.165, 1.54) is 31.4 Å². The van der Waals surface area contributed by atoms with Crippen molar-refractivity contribution >= 4 is 54.2 Å². The Bertz CT molecular complexity index is 1350. The van der Waals surface area contributed by atoms with Crippen LogP contribution in [0.1, 0.15) is 19.4 Å². The minimum absolute atomic E-state index is 0.0345. The molecule has 1 aliphatic heterocycles. The number of carbonyl (C=O) groups excluding carboxylic acids is 2. The van der Waals surface area contributed by atoms with Gasteiger partial charge >= 0.3 is 0 Å². The molecule has 2 heterocycles. The van der Waals surface area contributed by atoms with Crippen molar-refractivity contribution < 1.29 is 22.7 Å². The highest BCUT2D eigenvalue weighted by Gasteiger charge is 2.31. The van der Waals surface area contributed by atoms with Gasteiger partial charge < -0.3 is 15.0 Å². The molecule has 33 heavy (non-hydrogen) atoms. The lowest BCUT2D eigenvalue weighted by Crippen LogP contribution is -2.35. The van der Waals surface area contributed by atoms with Crippen molar-refractivity contribution in [3.05, 3.63) is 42.0 Å². The number of benzene rings is 2. The number of ether oxygens (including phenoxy) is 1. The van der Waals surface area contributed by atoms with Crippen LogP contribution in [0.4, 0.5) is 10.8 Å². The molecule has 0 saturated heterocycles. The summed E-state index contributed by atoms with van der Waals surface area (Å²) in [6.45, 7) is 3.05. The predicted molar refractivity (Wildman–Crippen MR) is 127 cm³/mol. The third-order valence-corrected chi connectivity index (χ3v) is 8.26. The second-order valence-corrected chi connectivity index (χ2v) is 11.0. The molecule has 4 rings (SSSR count). The van der Waals surface area contributed by atoms with Crippen molar-refractivity contribution in [2.45, 2.75) is 31.2 Å². The van der Waals surface area contributed by atoms with Crippen LogP contribution in [0.3, 0.4) is 0 Å². The van der Waals surface area contributed by atoms with Gasteiger partial charge in [-0.1, -0.05) is 11.3 Å². The Hall–Kier alpha value is -3.02. The van der Waals surface area contributed by atoms with Crippen LogP contribution >= 0.6 is 11.3 Å². The van der Waals surface area contributed by atoms with Gasteiger partial charge in [-0.3, -0.25) is 9.59 Å². The zero-order valence-corrected chi connectivity index (χ0v) is 20.3. The van der Waals surface area contributed by atoms with Gasteiger partial charge in [0.15, 0.2) is 5.13 Å². The number of nitrogens with one attached hydrogen (secondary N) is 1. The highest BCUT2D eigenvalue weighted by atomic mass is 32.2. The Labute approximate surface area is 196 Å². The van der Waals surface area contributed by atoms with E-state index in [0.717, 1.165) is 20.3 Å². The minimum Gasteiger partial charge on any atom is -0.497 e. The van der Waals surface area contributed by atoms with Crippen LogP contribution in [-0.4, -0.2) is 56.3 Å². The van der Waals surface area contributed by atoms with Gasteiger partial charge in [0, 0.05) is 25.7 Å². The molecule has 9 nitrogen and oxygen atoms in total. The van der Waals surface area contributed by atoms with E-state index in [4.69, 9.17) is 4.74 Å². The van der Waals surface area contributed by atoms with Crippen LogP contribution in [0, 0.1) is 0 Å². The highest BCUT2D eigenvalue weighted by molar-refractivity contribution is 7.89. The summed E-state index contributed by atoms with van der Waals surface area (Å²) in [7, 11) is -0.973. The van der Waals surface area contributed by atoms with E-state index < -0.39 is 15.9 Å². The molecule has 0 fully saturated rings. The van der Waals surface area contributed by atoms with Gasteiger partial charge in [-0.2, -0.15) is 4.31 Å². The second-order valence-electron chi connectivity index (χ2n) is 7.89. The molecule has 2 aromatic carbocycles. The third kappa shape index (κ3) is 4.43. The Morgan fingerprint density at radius 2 is 2.03 bits per heavy atom.